The van der Waals surface area contributed by atoms with E-state index in [0.29, 0.717) is 31.0 Å². The predicted octanol–water partition coefficient (Wildman–Crippen LogP) is 5.20. The van der Waals surface area contributed by atoms with E-state index >= 15 is 0 Å². The third kappa shape index (κ3) is 5.21. The molecule has 36 heavy (non-hydrogen) atoms. The van der Waals surface area contributed by atoms with E-state index in [0.717, 1.165) is 34.2 Å². The summed E-state index contributed by atoms with van der Waals surface area (Å²) in [6.45, 7) is 3.24. The quantitative estimate of drug-likeness (QED) is 0.438. The zero-order valence-corrected chi connectivity index (χ0v) is 20.8. The van der Waals surface area contributed by atoms with Gasteiger partial charge in [0.2, 0.25) is 5.91 Å². The van der Waals surface area contributed by atoms with Crippen molar-refractivity contribution < 1.29 is 19.1 Å². The van der Waals surface area contributed by atoms with Gasteiger partial charge in [-0.1, -0.05) is 72.3 Å². The number of hydrogen-bond acceptors (Lipinski definition) is 5. The Labute approximate surface area is 214 Å². The molecule has 6 nitrogen and oxygen atoms in total. The van der Waals surface area contributed by atoms with Crippen molar-refractivity contribution in [2.24, 2.45) is 0 Å². The molecule has 0 spiro atoms. The van der Waals surface area contributed by atoms with Crippen molar-refractivity contribution in [2.75, 3.05) is 13.1 Å². The fourth-order valence-corrected chi connectivity index (χ4v) is 5.13. The van der Waals surface area contributed by atoms with Gasteiger partial charge >= 0.3 is 0 Å². The molecular formula is C29H26N2O4S. The van der Waals surface area contributed by atoms with E-state index in [1.54, 1.807) is 11.0 Å². The first kappa shape index (κ1) is 23.9. The minimum absolute atomic E-state index is 0.227. The molecule has 1 fully saturated rings. The molecule has 5 rings (SSSR count). The summed E-state index contributed by atoms with van der Waals surface area (Å²) in [7, 11) is 0. The lowest BCUT2D eigenvalue weighted by atomic mass is 10.00. The van der Waals surface area contributed by atoms with Crippen molar-refractivity contribution in [2.45, 2.75) is 26.5 Å². The standard InChI is InChI=1S/C29H26N2O4S/c1-20-10-12-21(13-11-20)19-35-25-9-5-4-7-23(25)16-26-28(33)31(29(34)36-26)18-27(32)30-15-14-22-6-2-3-8-24(22)17-30/h2-13,16H,14-15,17-19H2,1H3/b26-16-. The van der Waals surface area contributed by atoms with Gasteiger partial charge in [-0.15, -0.1) is 0 Å². The summed E-state index contributed by atoms with van der Waals surface area (Å²) in [4.78, 5) is 41.7. The third-order valence-corrected chi connectivity index (χ3v) is 7.28. The molecular weight excluding hydrogens is 472 g/mol. The number of imide groups is 1. The van der Waals surface area contributed by atoms with Gasteiger partial charge in [-0.25, -0.2) is 0 Å². The molecule has 3 aromatic carbocycles. The summed E-state index contributed by atoms with van der Waals surface area (Å²) < 4.78 is 6.01. The molecule has 0 unspecified atom stereocenters. The number of hydrogen-bond donors (Lipinski definition) is 0. The van der Waals surface area contributed by atoms with Crippen molar-refractivity contribution in [1.29, 1.82) is 0 Å². The second kappa shape index (κ2) is 10.4. The molecule has 2 aliphatic rings. The molecule has 1 saturated heterocycles. The molecule has 0 bridgehead atoms. The Morgan fingerprint density at radius 2 is 1.69 bits per heavy atom. The van der Waals surface area contributed by atoms with E-state index in [-0.39, 0.29) is 17.4 Å². The number of ether oxygens (including phenoxy) is 1. The third-order valence-electron chi connectivity index (χ3n) is 6.37. The van der Waals surface area contributed by atoms with Crippen LogP contribution < -0.4 is 4.74 Å². The highest BCUT2D eigenvalue weighted by Gasteiger charge is 2.37. The molecule has 2 aliphatic heterocycles. The number of nitrogens with zero attached hydrogens (tertiary/aromatic N) is 2. The van der Waals surface area contributed by atoms with E-state index < -0.39 is 11.1 Å². The molecule has 0 aliphatic carbocycles. The van der Waals surface area contributed by atoms with Crippen molar-refractivity contribution in [1.82, 2.24) is 9.80 Å². The fourth-order valence-electron chi connectivity index (χ4n) is 4.30. The van der Waals surface area contributed by atoms with Gasteiger partial charge < -0.3 is 9.64 Å². The molecule has 3 amide bonds. The van der Waals surface area contributed by atoms with Crippen LogP contribution in [0.1, 0.15) is 27.8 Å². The zero-order chi connectivity index (χ0) is 25.1. The number of rotatable bonds is 6. The summed E-state index contributed by atoms with van der Waals surface area (Å²) in [6.07, 6.45) is 2.43. The number of fused-ring (bicyclic) bond motifs is 1. The van der Waals surface area contributed by atoms with Crippen LogP contribution in [0.3, 0.4) is 0 Å². The van der Waals surface area contributed by atoms with Crippen LogP contribution in [0.2, 0.25) is 0 Å². The fraction of sp³-hybridized carbons (Fsp3) is 0.207. The molecule has 0 saturated carbocycles. The lowest BCUT2D eigenvalue weighted by molar-refractivity contribution is -0.136. The second-order valence-electron chi connectivity index (χ2n) is 8.91. The minimum Gasteiger partial charge on any atom is -0.488 e. The SMILES string of the molecule is Cc1ccc(COc2ccccc2/C=C2\SC(=O)N(CC(=O)N3CCc4ccccc4C3)C2=O)cc1. The van der Waals surface area contributed by atoms with Crippen LogP contribution in [0, 0.1) is 6.92 Å². The summed E-state index contributed by atoms with van der Waals surface area (Å²) in [6, 6.07) is 23.5. The van der Waals surface area contributed by atoms with Crippen LogP contribution >= 0.6 is 11.8 Å². The van der Waals surface area contributed by atoms with Crippen LogP contribution in [-0.4, -0.2) is 39.9 Å². The van der Waals surface area contributed by atoms with Gasteiger partial charge in [0.15, 0.2) is 0 Å². The second-order valence-corrected chi connectivity index (χ2v) is 9.91. The van der Waals surface area contributed by atoms with Gasteiger partial charge in [0.25, 0.3) is 11.1 Å². The monoisotopic (exact) mass is 498 g/mol. The van der Waals surface area contributed by atoms with E-state index in [2.05, 4.69) is 6.07 Å². The Bertz CT molecular complexity index is 1350. The summed E-state index contributed by atoms with van der Waals surface area (Å²) in [5, 5.41) is -0.435. The van der Waals surface area contributed by atoms with Crippen LogP contribution in [0.15, 0.2) is 77.7 Å². The maximum absolute atomic E-state index is 13.1. The molecule has 0 N–H and O–H groups in total. The van der Waals surface area contributed by atoms with E-state index in [4.69, 9.17) is 4.74 Å². The molecule has 3 aromatic rings. The molecule has 182 valence electrons. The normalized spacial score (nSPS) is 16.4. The van der Waals surface area contributed by atoms with Crippen molar-refractivity contribution in [3.63, 3.8) is 0 Å². The summed E-state index contributed by atoms with van der Waals surface area (Å²) in [5.74, 6) is -0.0630. The van der Waals surface area contributed by atoms with E-state index in [1.807, 2.05) is 73.7 Å². The maximum atomic E-state index is 13.1. The zero-order valence-electron chi connectivity index (χ0n) is 20.0. The van der Waals surface area contributed by atoms with Crippen molar-refractivity contribution in [3.8, 4) is 5.75 Å². The number of carbonyl (C=O) groups excluding carboxylic acids is 3. The Hall–Kier alpha value is -3.84. The summed E-state index contributed by atoms with van der Waals surface area (Å²) in [5.41, 5.74) is 5.26. The van der Waals surface area contributed by atoms with Gasteiger partial charge in [0.1, 0.15) is 18.9 Å². The van der Waals surface area contributed by atoms with Crippen molar-refractivity contribution in [3.05, 3.63) is 106 Å². The number of amides is 3. The number of aryl methyl sites for hydroxylation is 1. The van der Waals surface area contributed by atoms with Crippen LogP contribution in [0.25, 0.3) is 6.08 Å². The first-order valence-electron chi connectivity index (χ1n) is 11.9. The van der Waals surface area contributed by atoms with Crippen LogP contribution in [0.5, 0.6) is 5.75 Å². The topological polar surface area (TPSA) is 66.9 Å². The molecule has 2 heterocycles. The maximum Gasteiger partial charge on any atom is 0.294 e. The van der Waals surface area contributed by atoms with E-state index in [9.17, 15) is 14.4 Å². The van der Waals surface area contributed by atoms with Gasteiger partial charge in [0.05, 0.1) is 4.91 Å². The Morgan fingerprint density at radius 1 is 0.972 bits per heavy atom. The highest BCUT2D eigenvalue weighted by Crippen LogP contribution is 2.34. The Morgan fingerprint density at radius 3 is 2.50 bits per heavy atom. The minimum atomic E-state index is -0.455. The van der Waals surface area contributed by atoms with Gasteiger partial charge in [-0.2, -0.15) is 0 Å². The Kier molecular flexibility index (Phi) is 6.91. The largest absolute Gasteiger partial charge is 0.488 e. The highest BCUT2D eigenvalue weighted by atomic mass is 32.2. The molecule has 7 heteroatoms. The van der Waals surface area contributed by atoms with Gasteiger partial charge in [-0.3, -0.25) is 19.3 Å². The molecule has 0 radical (unpaired) electrons. The lowest BCUT2D eigenvalue weighted by Gasteiger charge is -2.29. The van der Waals surface area contributed by atoms with Gasteiger partial charge in [0, 0.05) is 18.7 Å². The lowest BCUT2D eigenvalue weighted by Crippen LogP contribution is -2.44. The highest BCUT2D eigenvalue weighted by molar-refractivity contribution is 8.18. The molecule has 0 atom stereocenters. The smallest absolute Gasteiger partial charge is 0.294 e. The van der Waals surface area contributed by atoms with E-state index in [1.165, 1.54) is 11.1 Å². The number of benzene rings is 3. The predicted molar refractivity (Wildman–Crippen MR) is 140 cm³/mol. The van der Waals surface area contributed by atoms with Crippen LogP contribution in [-0.2, 0) is 29.2 Å². The summed E-state index contributed by atoms with van der Waals surface area (Å²) >= 11 is 0.851. The average molecular weight is 499 g/mol. The Balaban J connectivity index is 1.26. The first-order chi connectivity index (χ1) is 17.5. The number of carbonyl (C=O) groups is 3. The van der Waals surface area contributed by atoms with Gasteiger partial charge in [-0.05, 0) is 53.9 Å². The van der Waals surface area contributed by atoms with Crippen LogP contribution in [0.4, 0.5) is 4.79 Å². The van der Waals surface area contributed by atoms with Crippen molar-refractivity contribution >= 4 is 34.9 Å². The number of thioether (sulfide) groups is 1. The average Bonchev–Trinajstić information content (AvgIpc) is 3.16. The molecule has 0 aromatic heterocycles. The number of para-hydroxylation sites is 1. The first-order valence-corrected chi connectivity index (χ1v) is 12.7.